The Balaban J connectivity index is 1.18. The lowest BCUT2D eigenvalue weighted by Crippen LogP contribution is -2.43. The Kier molecular flexibility index (Phi) is 8.36. The Bertz CT molecular complexity index is 1650. The summed E-state index contributed by atoms with van der Waals surface area (Å²) in [4.78, 5) is 39.3. The van der Waals surface area contributed by atoms with Crippen molar-refractivity contribution in [3.63, 3.8) is 0 Å². The van der Waals surface area contributed by atoms with Gasteiger partial charge in [-0.3, -0.25) is 9.59 Å². The van der Waals surface area contributed by atoms with E-state index >= 15 is 0 Å². The van der Waals surface area contributed by atoms with Crippen LogP contribution in [0, 0.1) is 5.92 Å². The van der Waals surface area contributed by atoms with E-state index in [1.165, 1.54) is 31.0 Å². The lowest BCUT2D eigenvalue weighted by atomic mass is 9.85. The van der Waals surface area contributed by atoms with E-state index in [1.807, 2.05) is 30.3 Å². The molecule has 8 heteroatoms. The van der Waals surface area contributed by atoms with Crippen molar-refractivity contribution in [2.24, 2.45) is 5.92 Å². The van der Waals surface area contributed by atoms with Gasteiger partial charge in [0, 0.05) is 41.7 Å². The van der Waals surface area contributed by atoms with Crippen LogP contribution in [0.15, 0.2) is 78.9 Å². The van der Waals surface area contributed by atoms with Crippen LogP contribution in [0.3, 0.4) is 0 Å². The van der Waals surface area contributed by atoms with Crippen LogP contribution in [-0.2, 0) is 9.59 Å². The van der Waals surface area contributed by atoms with Crippen LogP contribution in [0.2, 0.25) is 0 Å². The van der Waals surface area contributed by atoms with Crippen LogP contribution >= 0.6 is 0 Å². The maximum Gasteiger partial charge on any atom is 0.328 e. The number of para-hydroxylation sites is 1. The summed E-state index contributed by atoms with van der Waals surface area (Å²) in [6, 6.07) is 23.1. The molecule has 2 aliphatic rings. The minimum Gasteiger partial charge on any atom is -0.478 e. The molecule has 1 aromatic heterocycles. The van der Waals surface area contributed by atoms with Crippen LogP contribution in [0.5, 0.6) is 0 Å². The lowest BCUT2D eigenvalue weighted by molar-refractivity contribution is -0.131. The van der Waals surface area contributed by atoms with E-state index in [0.717, 1.165) is 47.5 Å². The molecule has 0 bridgehead atoms. The number of aliphatic carboxylic acids is 1. The highest BCUT2D eigenvalue weighted by molar-refractivity contribution is 5.99. The predicted molar refractivity (Wildman–Crippen MR) is 167 cm³/mol. The quantitative estimate of drug-likeness (QED) is 0.239. The number of carboxylic acid groups (broad SMARTS) is 1. The molecule has 3 aromatic carbocycles. The number of benzene rings is 3. The number of piperidine rings is 1. The second-order valence-corrected chi connectivity index (χ2v) is 11.6. The first kappa shape index (κ1) is 28.4. The van der Waals surface area contributed by atoms with Crippen molar-refractivity contribution in [2.75, 3.05) is 18.4 Å². The maximum atomic E-state index is 13.7. The van der Waals surface area contributed by atoms with Crippen molar-refractivity contribution < 1.29 is 19.5 Å². The van der Waals surface area contributed by atoms with E-state index in [0.29, 0.717) is 36.7 Å². The highest BCUT2D eigenvalue weighted by atomic mass is 16.4. The third-order valence-electron chi connectivity index (χ3n) is 8.63. The zero-order valence-electron chi connectivity index (χ0n) is 24.1. The van der Waals surface area contributed by atoms with E-state index in [2.05, 4.69) is 28.2 Å². The molecule has 1 aliphatic heterocycles. The number of hydrogen-bond acceptors (Lipinski definition) is 4. The Morgan fingerprint density at radius 1 is 0.884 bits per heavy atom. The first-order valence-electron chi connectivity index (χ1n) is 15.2. The molecule has 1 aliphatic carbocycles. The molecular formula is C35H36N4O4. The topological polar surface area (TPSA) is 105 Å². The third-order valence-corrected chi connectivity index (χ3v) is 8.63. The highest BCUT2D eigenvalue weighted by Crippen LogP contribution is 2.38. The first-order chi connectivity index (χ1) is 21.0. The van der Waals surface area contributed by atoms with Crippen molar-refractivity contribution in [2.45, 2.75) is 50.9 Å². The SMILES string of the molecule is O=C(O)/C=C/c1ccc(NC(=O)C2CCCN(C(=O)c3ccc4c(C5CCCCC5)n(-c5ccccc5)nc4c3)C2)cc1. The fourth-order valence-corrected chi connectivity index (χ4v) is 6.42. The summed E-state index contributed by atoms with van der Waals surface area (Å²) in [5.74, 6) is -1.09. The summed E-state index contributed by atoms with van der Waals surface area (Å²) < 4.78 is 2.07. The van der Waals surface area contributed by atoms with Crippen molar-refractivity contribution in [3.8, 4) is 5.69 Å². The summed E-state index contributed by atoms with van der Waals surface area (Å²) in [7, 11) is 0. The smallest absolute Gasteiger partial charge is 0.328 e. The fourth-order valence-electron chi connectivity index (χ4n) is 6.42. The number of amides is 2. The fraction of sp³-hybridized carbons (Fsp3) is 0.314. The zero-order valence-corrected chi connectivity index (χ0v) is 24.1. The van der Waals surface area contributed by atoms with E-state index in [-0.39, 0.29) is 17.7 Å². The molecule has 2 N–H and O–H groups in total. The van der Waals surface area contributed by atoms with Gasteiger partial charge in [-0.05, 0) is 73.7 Å². The highest BCUT2D eigenvalue weighted by Gasteiger charge is 2.30. The second kappa shape index (κ2) is 12.7. The van der Waals surface area contributed by atoms with Gasteiger partial charge in [0.05, 0.1) is 22.8 Å². The van der Waals surface area contributed by atoms with E-state index in [4.69, 9.17) is 10.2 Å². The van der Waals surface area contributed by atoms with E-state index in [9.17, 15) is 14.4 Å². The molecule has 220 valence electrons. The molecule has 1 saturated heterocycles. The number of carbonyl (C=O) groups excluding carboxylic acids is 2. The summed E-state index contributed by atoms with van der Waals surface area (Å²) in [5.41, 5.74) is 5.04. The molecule has 0 spiro atoms. The Morgan fingerprint density at radius 3 is 2.40 bits per heavy atom. The molecule has 2 fully saturated rings. The number of fused-ring (bicyclic) bond motifs is 1. The van der Waals surface area contributed by atoms with Crippen molar-refractivity contribution >= 4 is 40.4 Å². The number of anilines is 1. The standard InChI is InChI=1S/C35H36N4O4/c40-32(41)20-15-24-13-17-28(18-14-24)36-34(42)27-10-7-21-38(23-27)35(43)26-16-19-30-31(22-26)37-39(29-11-5-2-6-12-29)33(30)25-8-3-1-4-9-25/h2,5-6,11-20,22,25,27H,1,3-4,7-10,21,23H2,(H,36,42)(H,40,41)/b20-15+. The predicted octanol–water partition coefficient (Wildman–Crippen LogP) is 6.66. The average molecular weight is 577 g/mol. The molecule has 1 saturated carbocycles. The van der Waals surface area contributed by atoms with Gasteiger partial charge >= 0.3 is 5.97 Å². The van der Waals surface area contributed by atoms with Crippen LogP contribution in [0.1, 0.15) is 72.5 Å². The van der Waals surface area contributed by atoms with Crippen molar-refractivity contribution in [1.82, 2.24) is 14.7 Å². The molecule has 2 heterocycles. The molecule has 8 nitrogen and oxygen atoms in total. The van der Waals surface area contributed by atoms with Crippen LogP contribution in [-0.4, -0.2) is 50.7 Å². The van der Waals surface area contributed by atoms with Crippen LogP contribution < -0.4 is 5.32 Å². The third kappa shape index (κ3) is 6.38. The Morgan fingerprint density at radius 2 is 1.65 bits per heavy atom. The summed E-state index contributed by atoms with van der Waals surface area (Å²) >= 11 is 0. The normalized spacial score (nSPS) is 17.8. The van der Waals surface area contributed by atoms with Crippen LogP contribution in [0.25, 0.3) is 22.7 Å². The maximum absolute atomic E-state index is 13.7. The van der Waals surface area contributed by atoms with Gasteiger partial charge in [-0.15, -0.1) is 0 Å². The summed E-state index contributed by atoms with van der Waals surface area (Å²) in [5, 5.41) is 17.9. The molecule has 1 atom stereocenters. The van der Waals surface area contributed by atoms with Gasteiger partial charge in [0.15, 0.2) is 0 Å². The second-order valence-electron chi connectivity index (χ2n) is 11.6. The van der Waals surface area contributed by atoms with E-state index in [1.54, 1.807) is 29.2 Å². The van der Waals surface area contributed by atoms with Gasteiger partial charge in [0.2, 0.25) is 5.91 Å². The molecule has 6 rings (SSSR count). The first-order valence-corrected chi connectivity index (χ1v) is 15.2. The largest absolute Gasteiger partial charge is 0.478 e. The molecule has 43 heavy (non-hydrogen) atoms. The summed E-state index contributed by atoms with van der Waals surface area (Å²) in [6.45, 7) is 0.963. The van der Waals surface area contributed by atoms with Gasteiger partial charge < -0.3 is 15.3 Å². The number of carboxylic acids is 1. The number of aromatic nitrogens is 2. The molecule has 0 radical (unpaired) electrons. The monoisotopic (exact) mass is 576 g/mol. The molecule has 2 amide bonds. The lowest BCUT2D eigenvalue weighted by Gasteiger charge is -2.32. The Hall–Kier alpha value is -4.72. The minimum absolute atomic E-state index is 0.0811. The van der Waals surface area contributed by atoms with Gasteiger partial charge in [-0.25, -0.2) is 9.48 Å². The van der Waals surface area contributed by atoms with Crippen LogP contribution in [0.4, 0.5) is 5.69 Å². The van der Waals surface area contributed by atoms with Gasteiger partial charge in [-0.2, -0.15) is 5.10 Å². The number of hydrogen-bond donors (Lipinski definition) is 2. The number of carbonyl (C=O) groups is 3. The van der Waals surface area contributed by atoms with Gasteiger partial charge in [0.25, 0.3) is 5.91 Å². The average Bonchev–Trinajstić information content (AvgIpc) is 3.44. The molecule has 1 unspecified atom stereocenters. The van der Waals surface area contributed by atoms with Crippen molar-refractivity contribution in [3.05, 3.63) is 95.7 Å². The number of likely N-dealkylation sites (tertiary alicyclic amines) is 1. The van der Waals surface area contributed by atoms with Gasteiger partial charge in [0.1, 0.15) is 0 Å². The van der Waals surface area contributed by atoms with E-state index < -0.39 is 5.97 Å². The number of rotatable bonds is 7. The zero-order chi connectivity index (χ0) is 29.8. The minimum atomic E-state index is -1.01. The number of nitrogens with zero attached hydrogens (tertiary/aromatic N) is 3. The van der Waals surface area contributed by atoms with Gasteiger partial charge in [-0.1, -0.05) is 55.7 Å². The summed E-state index contributed by atoms with van der Waals surface area (Å²) in [6.07, 6.45) is 10.1. The molecular weight excluding hydrogens is 540 g/mol. The van der Waals surface area contributed by atoms with Crippen molar-refractivity contribution in [1.29, 1.82) is 0 Å². The Labute approximate surface area is 251 Å². The number of nitrogens with one attached hydrogen (secondary N) is 1. The molecule has 4 aromatic rings.